The summed E-state index contributed by atoms with van der Waals surface area (Å²) in [5.74, 6) is -1.36. The van der Waals surface area contributed by atoms with E-state index in [-0.39, 0.29) is 36.7 Å². The topological polar surface area (TPSA) is 107 Å². The van der Waals surface area contributed by atoms with Crippen LogP contribution in [-0.2, 0) is 16.1 Å². The number of aromatic nitrogens is 1. The fourth-order valence-corrected chi connectivity index (χ4v) is 1.69. The highest BCUT2D eigenvalue weighted by atomic mass is 16.4. The minimum Gasteiger partial charge on any atom is -0.477 e. The molecular formula is C12H10N4O3. The molecule has 1 amide bonds. The van der Waals surface area contributed by atoms with Crippen molar-refractivity contribution in [2.75, 3.05) is 0 Å². The highest BCUT2D eigenvalue weighted by Crippen LogP contribution is 2.14. The number of carbonyl (C=O) groups is 2. The Balaban J connectivity index is 2.21. The molecule has 1 aromatic rings. The number of hydrogen-bond donors (Lipinski definition) is 1. The van der Waals surface area contributed by atoms with Crippen molar-refractivity contribution in [2.45, 2.75) is 19.4 Å². The molecule has 0 unspecified atom stereocenters. The van der Waals surface area contributed by atoms with Crippen LogP contribution in [0.5, 0.6) is 0 Å². The monoisotopic (exact) mass is 258 g/mol. The predicted molar refractivity (Wildman–Crippen MR) is 63.8 cm³/mol. The molecule has 1 aromatic heterocycles. The molecule has 0 saturated carbocycles. The molecular weight excluding hydrogens is 248 g/mol. The zero-order chi connectivity index (χ0) is 13.8. The van der Waals surface area contributed by atoms with E-state index in [9.17, 15) is 9.59 Å². The van der Waals surface area contributed by atoms with Crippen molar-refractivity contribution in [3.63, 3.8) is 0 Å². The van der Waals surface area contributed by atoms with Crippen LogP contribution in [0, 0.1) is 11.3 Å². The minimum atomic E-state index is -1.12. The maximum atomic E-state index is 11.7. The van der Waals surface area contributed by atoms with E-state index in [0.717, 1.165) is 5.01 Å². The standard InChI is InChI=1S/C12H10N4O3/c13-6-9-5-8(3-4-14-9)7-16-11(17)2-1-10(15-16)12(18)19/h3-5H,1-2,7H2,(H,18,19). The molecule has 7 nitrogen and oxygen atoms in total. The SMILES string of the molecule is N#Cc1cc(CN2N=C(C(=O)O)CCC2=O)ccn1. The van der Waals surface area contributed by atoms with Crippen molar-refractivity contribution in [3.05, 3.63) is 29.6 Å². The number of nitriles is 1. The molecule has 7 heteroatoms. The van der Waals surface area contributed by atoms with Crippen LogP contribution >= 0.6 is 0 Å². The lowest BCUT2D eigenvalue weighted by Gasteiger charge is -2.22. The van der Waals surface area contributed by atoms with Crippen LogP contribution in [0.2, 0.25) is 0 Å². The Morgan fingerprint density at radius 2 is 2.32 bits per heavy atom. The number of hydrazone groups is 1. The summed E-state index contributed by atoms with van der Waals surface area (Å²) in [6.45, 7) is 0.132. The number of carbonyl (C=O) groups excluding carboxylic acids is 1. The van der Waals surface area contributed by atoms with Crippen molar-refractivity contribution >= 4 is 17.6 Å². The average molecular weight is 258 g/mol. The van der Waals surface area contributed by atoms with E-state index in [1.807, 2.05) is 6.07 Å². The van der Waals surface area contributed by atoms with Gasteiger partial charge in [-0.15, -0.1) is 0 Å². The van der Waals surface area contributed by atoms with Gasteiger partial charge in [0.25, 0.3) is 0 Å². The summed E-state index contributed by atoms with van der Waals surface area (Å²) in [6, 6.07) is 5.09. The summed E-state index contributed by atoms with van der Waals surface area (Å²) in [4.78, 5) is 26.3. The van der Waals surface area contributed by atoms with E-state index in [0.29, 0.717) is 5.56 Å². The van der Waals surface area contributed by atoms with Crippen molar-refractivity contribution < 1.29 is 14.7 Å². The average Bonchev–Trinajstić information content (AvgIpc) is 2.41. The van der Waals surface area contributed by atoms with E-state index in [1.54, 1.807) is 6.07 Å². The number of aliphatic carboxylic acids is 1. The molecule has 0 aromatic carbocycles. The van der Waals surface area contributed by atoms with Gasteiger partial charge < -0.3 is 5.11 Å². The highest BCUT2D eigenvalue weighted by molar-refractivity contribution is 6.36. The van der Waals surface area contributed by atoms with E-state index < -0.39 is 5.97 Å². The number of hydrogen-bond acceptors (Lipinski definition) is 5. The predicted octanol–water partition coefficient (Wildman–Crippen LogP) is 0.516. The zero-order valence-corrected chi connectivity index (χ0v) is 9.91. The van der Waals surface area contributed by atoms with Gasteiger partial charge in [0.05, 0.1) is 6.54 Å². The molecule has 0 atom stereocenters. The van der Waals surface area contributed by atoms with Crippen LogP contribution < -0.4 is 0 Å². The van der Waals surface area contributed by atoms with Crippen LogP contribution in [-0.4, -0.2) is 32.7 Å². The first-order valence-electron chi connectivity index (χ1n) is 5.56. The second kappa shape index (κ2) is 5.27. The molecule has 1 aliphatic heterocycles. The Morgan fingerprint density at radius 1 is 1.53 bits per heavy atom. The molecule has 0 saturated heterocycles. The lowest BCUT2D eigenvalue weighted by atomic mass is 10.1. The number of carboxylic acid groups (broad SMARTS) is 1. The number of nitrogens with zero attached hydrogens (tertiary/aromatic N) is 4. The van der Waals surface area contributed by atoms with Gasteiger partial charge >= 0.3 is 5.97 Å². The second-order valence-corrected chi connectivity index (χ2v) is 3.96. The Hall–Kier alpha value is -2.75. The highest BCUT2D eigenvalue weighted by Gasteiger charge is 2.24. The van der Waals surface area contributed by atoms with Gasteiger partial charge in [-0.05, 0) is 17.7 Å². The number of pyridine rings is 1. The maximum Gasteiger partial charge on any atom is 0.352 e. The molecule has 0 fully saturated rings. The van der Waals surface area contributed by atoms with Crippen LogP contribution in [0.4, 0.5) is 0 Å². The number of amides is 1. The lowest BCUT2D eigenvalue weighted by Crippen LogP contribution is -2.33. The van der Waals surface area contributed by atoms with Crippen LogP contribution in [0.3, 0.4) is 0 Å². The third kappa shape index (κ3) is 2.93. The summed E-state index contributed by atoms with van der Waals surface area (Å²) < 4.78 is 0. The molecule has 2 heterocycles. The molecule has 96 valence electrons. The van der Waals surface area contributed by atoms with E-state index >= 15 is 0 Å². The van der Waals surface area contributed by atoms with Gasteiger partial charge in [0.2, 0.25) is 5.91 Å². The lowest BCUT2D eigenvalue weighted by molar-refractivity contribution is -0.133. The van der Waals surface area contributed by atoms with Crippen molar-refractivity contribution in [1.29, 1.82) is 5.26 Å². The van der Waals surface area contributed by atoms with Crippen molar-refractivity contribution in [2.24, 2.45) is 5.10 Å². The first-order chi connectivity index (χ1) is 9.10. The first kappa shape index (κ1) is 12.7. The number of carboxylic acids is 1. The van der Waals surface area contributed by atoms with Gasteiger partial charge in [0.1, 0.15) is 17.5 Å². The fourth-order valence-electron chi connectivity index (χ4n) is 1.69. The van der Waals surface area contributed by atoms with Gasteiger partial charge in [-0.2, -0.15) is 10.4 Å². The first-order valence-corrected chi connectivity index (χ1v) is 5.56. The largest absolute Gasteiger partial charge is 0.477 e. The summed E-state index contributed by atoms with van der Waals surface area (Å²) in [5, 5.41) is 22.5. The number of rotatable bonds is 3. The van der Waals surface area contributed by atoms with Gasteiger partial charge in [-0.1, -0.05) is 0 Å². The Kier molecular flexibility index (Phi) is 3.52. The Labute approximate surface area is 108 Å². The summed E-state index contributed by atoms with van der Waals surface area (Å²) in [7, 11) is 0. The summed E-state index contributed by atoms with van der Waals surface area (Å²) in [5.41, 5.74) is 0.883. The molecule has 0 spiro atoms. The van der Waals surface area contributed by atoms with Gasteiger partial charge in [-0.25, -0.2) is 14.8 Å². The molecule has 0 bridgehead atoms. The van der Waals surface area contributed by atoms with Crippen LogP contribution in [0.1, 0.15) is 24.1 Å². The van der Waals surface area contributed by atoms with Gasteiger partial charge in [0, 0.05) is 19.0 Å². The maximum absolute atomic E-state index is 11.7. The fraction of sp³-hybridized carbons (Fsp3) is 0.250. The van der Waals surface area contributed by atoms with E-state index in [1.165, 1.54) is 12.3 Å². The van der Waals surface area contributed by atoms with Crippen molar-refractivity contribution in [3.8, 4) is 6.07 Å². The molecule has 0 radical (unpaired) electrons. The molecule has 0 aliphatic carbocycles. The Morgan fingerprint density at radius 3 is 3.00 bits per heavy atom. The van der Waals surface area contributed by atoms with Crippen LogP contribution in [0.15, 0.2) is 23.4 Å². The summed E-state index contributed by atoms with van der Waals surface area (Å²) in [6.07, 6.45) is 1.73. The molecule has 19 heavy (non-hydrogen) atoms. The zero-order valence-electron chi connectivity index (χ0n) is 9.91. The summed E-state index contributed by atoms with van der Waals surface area (Å²) >= 11 is 0. The second-order valence-electron chi connectivity index (χ2n) is 3.96. The van der Waals surface area contributed by atoms with E-state index in [2.05, 4.69) is 10.1 Å². The normalized spacial score (nSPS) is 14.8. The van der Waals surface area contributed by atoms with Gasteiger partial charge in [0.15, 0.2) is 0 Å². The minimum absolute atomic E-state index is 0.0332. The smallest absolute Gasteiger partial charge is 0.352 e. The van der Waals surface area contributed by atoms with Crippen molar-refractivity contribution in [1.82, 2.24) is 9.99 Å². The Bertz CT molecular complexity index is 603. The molecule has 1 N–H and O–H groups in total. The third-order valence-corrected chi connectivity index (χ3v) is 2.62. The van der Waals surface area contributed by atoms with E-state index in [4.69, 9.17) is 10.4 Å². The van der Waals surface area contributed by atoms with Gasteiger partial charge in [-0.3, -0.25) is 4.79 Å². The molecule has 1 aliphatic rings. The quantitative estimate of drug-likeness (QED) is 0.850. The third-order valence-electron chi connectivity index (χ3n) is 2.62. The van der Waals surface area contributed by atoms with Crippen LogP contribution in [0.25, 0.3) is 0 Å². The molecule has 2 rings (SSSR count).